The third-order valence-corrected chi connectivity index (χ3v) is 7.18. The molecule has 0 saturated heterocycles. The summed E-state index contributed by atoms with van der Waals surface area (Å²) in [4.78, 5) is 44.1. The number of ether oxygens (including phenoxy) is 2. The van der Waals surface area contributed by atoms with E-state index in [9.17, 15) is 14.4 Å². The molecule has 198 valence electrons. The van der Waals surface area contributed by atoms with E-state index in [2.05, 4.69) is 24.1 Å². The fraction of sp³-hybridized carbons (Fsp3) is 0.556. The lowest BCUT2D eigenvalue weighted by atomic mass is 9.94. The molecule has 36 heavy (non-hydrogen) atoms. The van der Waals surface area contributed by atoms with Gasteiger partial charge in [0.2, 0.25) is 5.91 Å². The van der Waals surface area contributed by atoms with Crippen LogP contribution in [0.15, 0.2) is 35.7 Å². The molecule has 8 nitrogen and oxygen atoms in total. The van der Waals surface area contributed by atoms with Gasteiger partial charge in [0.15, 0.2) is 5.69 Å². The van der Waals surface area contributed by atoms with Gasteiger partial charge in [0.05, 0.1) is 11.6 Å². The standard InChI is InChI=1S/C27H39N3O5S/c1-7-19(5)24(29-27(33)35-16-20-12-10-9-11-13-20)25(31)30(6)22(18(3)4)14-15-23-28-21(17-36-23)26(32)34-8-2/h9-13,17-19,22,24H,7-8,14-16H2,1-6H3,(H,29,33)/t19-,22?,24-/m0/s1. The molecule has 0 aliphatic carbocycles. The molecule has 0 bridgehead atoms. The van der Waals surface area contributed by atoms with Gasteiger partial charge in [-0.3, -0.25) is 4.79 Å². The molecule has 0 radical (unpaired) electrons. The van der Waals surface area contributed by atoms with E-state index in [-0.39, 0.29) is 30.4 Å². The Kier molecular flexibility index (Phi) is 11.9. The third-order valence-electron chi connectivity index (χ3n) is 6.27. The molecule has 3 atom stereocenters. The van der Waals surface area contributed by atoms with Crippen LogP contribution in [0, 0.1) is 11.8 Å². The zero-order chi connectivity index (χ0) is 26.7. The van der Waals surface area contributed by atoms with Crippen molar-refractivity contribution in [3.63, 3.8) is 0 Å². The molecule has 2 rings (SSSR count). The highest BCUT2D eigenvalue weighted by atomic mass is 32.1. The molecular formula is C27H39N3O5S. The van der Waals surface area contributed by atoms with Crippen LogP contribution in [0.2, 0.25) is 0 Å². The quantitative estimate of drug-likeness (QED) is 0.372. The molecule has 1 unspecified atom stereocenters. The summed E-state index contributed by atoms with van der Waals surface area (Å²) in [5, 5.41) is 5.33. The minimum absolute atomic E-state index is 0.0665. The number of aryl methyl sites for hydroxylation is 1. The Bertz CT molecular complexity index is 979. The number of thiazole rings is 1. The first-order valence-corrected chi connectivity index (χ1v) is 13.4. The van der Waals surface area contributed by atoms with Gasteiger partial charge in [-0.25, -0.2) is 14.6 Å². The summed E-state index contributed by atoms with van der Waals surface area (Å²) in [6.45, 7) is 10.3. The lowest BCUT2D eigenvalue weighted by molar-refractivity contribution is -0.136. The van der Waals surface area contributed by atoms with Crippen molar-refractivity contribution in [2.45, 2.75) is 72.6 Å². The number of hydrogen-bond acceptors (Lipinski definition) is 7. The van der Waals surface area contributed by atoms with Crippen molar-refractivity contribution in [2.24, 2.45) is 11.8 Å². The normalized spacial score (nSPS) is 13.5. The van der Waals surface area contributed by atoms with Gasteiger partial charge in [0, 0.05) is 24.9 Å². The van der Waals surface area contributed by atoms with Crippen LogP contribution in [0.4, 0.5) is 4.79 Å². The zero-order valence-corrected chi connectivity index (χ0v) is 23.0. The minimum Gasteiger partial charge on any atom is -0.461 e. The van der Waals surface area contributed by atoms with Crippen molar-refractivity contribution < 1.29 is 23.9 Å². The van der Waals surface area contributed by atoms with Gasteiger partial charge in [0.1, 0.15) is 12.6 Å². The molecule has 2 amide bonds. The Balaban J connectivity index is 2.03. The van der Waals surface area contributed by atoms with Crippen molar-refractivity contribution >= 4 is 29.3 Å². The molecule has 1 heterocycles. The van der Waals surface area contributed by atoms with Gasteiger partial charge in [-0.1, -0.05) is 64.4 Å². The van der Waals surface area contributed by atoms with Crippen molar-refractivity contribution in [2.75, 3.05) is 13.7 Å². The first-order chi connectivity index (χ1) is 17.2. The molecule has 1 N–H and O–H groups in total. The van der Waals surface area contributed by atoms with E-state index in [0.29, 0.717) is 25.1 Å². The topological polar surface area (TPSA) is 97.8 Å². The van der Waals surface area contributed by atoms with Crippen LogP contribution in [0.1, 0.15) is 68.5 Å². The van der Waals surface area contributed by atoms with Crippen LogP contribution in [0.25, 0.3) is 0 Å². The molecule has 9 heteroatoms. The van der Waals surface area contributed by atoms with E-state index in [1.165, 1.54) is 11.3 Å². The highest BCUT2D eigenvalue weighted by Crippen LogP contribution is 2.21. The maximum absolute atomic E-state index is 13.6. The van der Waals surface area contributed by atoms with E-state index in [4.69, 9.17) is 9.47 Å². The van der Waals surface area contributed by atoms with Gasteiger partial charge >= 0.3 is 12.1 Å². The molecular weight excluding hydrogens is 478 g/mol. The van der Waals surface area contributed by atoms with Crippen molar-refractivity contribution in [1.82, 2.24) is 15.2 Å². The summed E-state index contributed by atoms with van der Waals surface area (Å²) in [5.41, 5.74) is 1.20. The number of likely N-dealkylation sites (N-methyl/N-ethyl adjacent to an activating group) is 1. The Morgan fingerprint density at radius 1 is 1.08 bits per heavy atom. The predicted octanol–water partition coefficient (Wildman–Crippen LogP) is 5.08. The molecule has 0 saturated carbocycles. The first-order valence-electron chi connectivity index (χ1n) is 12.5. The summed E-state index contributed by atoms with van der Waals surface area (Å²) >= 11 is 1.42. The molecule has 1 aromatic heterocycles. The molecule has 2 aromatic rings. The van der Waals surface area contributed by atoms with Crippen molar-refractivity contribution in [3.8, 4) is 0 Å². The average Bonchev–Trinajstić information content (AvgIpc) is 3.35. The van der Waals surface area contributed by atoms with E-state index in [1.54, 1.807) is 24.3 Å². The van der Waals surface area contributed by atoms with E-state index >= 15 is 0 Å². The second kappa shape index (κ2) is 14.6. The van der Waals surface area contributed by atoms with Crippen LogP contribution in [0.3, 0.4) is 0 Å². The Morgan fingerprint density at radius 2 is 1.78 bits per heavy atom. The number of amides is 2. The van der Waals surface area contributed by atoms with Crippen LogP contribution in [-0.4, -0.2) is 53.6 Å². The lowest BCUT2D eigenvalue weighted by Gasteiger charge is -2.35. The fourth-order valence-corrected chi connectivity index (χ4v) is 4.71. The van der Waals surface area contributed by atoms with Gasteiger partial charge in [-0.15, -0.1) is 11.3 Å². The fourth-order valence-electron chi connectivity index (χ4n) is 3.93. The SMILES string of the molecule is CCOC(=O)c1csc(CCC(C(C)C)N(C)C(=O)[C@@H](NC(=O)OCc2ccccc2)[C@@H](C)CC)n1. The highest BCUT2D eigenvalue weighted by Gasteiger charge is 2.33. The van der Waals surface area contributed by atoms with Crippen LogP contribution >= 0.6 is 11.3 Å². The van der Waals surface area contributed by atoms with Crippen LogP contribution in [0.5, 0.6) is 0 Å². The Morgan fingerprint density at radius 3 is 2.39 bits per heavy atom. The van der Waals surface area contributed by atoms with Crippen LogP contribution in [-0.2, 0) is 27.3 Å². The smallest absolute Gasteiger partial charge is 0.408 e. The molecule has 0 fully saturated rings. The maximum Gasteiger partial charge on any atom is 0.408 e. The van der Waals surface area contributed by atoms with Gasteiger partial charge in [-0.2, -0.15) is 0 Å². The molecule has 0 aliphatic rings. The van der Waals surface area contributed by atoms with Gasteiger partial charge in [0.25, 0.3) is 0 Å². The van der Waals surface area contributed by atoms with E-state index < -0.39 is 18.1 Å². The summed E-state index contributed by atoms with van der Waals surface area (Å²) in [6.07, 6.45) is 1.43. The summed E-state index contributed by atoms with van der Waals surface area (Å²) in [7, 11) is 1.78. The number of nitrogens with zero attached hydrogens (tertiary/aromatic N) is 2. The molecule has 0 aliphatic heterocycles. The molecule has 0 spiro atoms. The van der Waals surface area contributed by atoms with Crippen molar-refractivity contribution in [1.29, 1.82) is 0 Å². The molecule has 1 aromatic carbocycles. The van der Waals surface area contributed by atoms with Gasteiger partial charge in [-0.05, 0) is 30.7 Å². The predicted molar refractivity (Wildman–Crippen MR) is 141 cm³/mol. The lowest BCUT2D eigenvalue weighted by Crippen LogP contribution is -2.54. The number of hydrogen-bond donors (Lipinski definition) is 1. The number of carbonyl (C=O) groups is 3. The Labute approximate surface area is 218 Å². The zero-order valence-electron chi connectivity index (χ0n) is 22.2. The average molecular weight is 518 g/mol. The maximum atomic E-state index is 13.6. The Hall–Kier alpha value is -2.94. The summed E-state index contributed by atoms with van der Waals surface area (Å²) in [5.74, 6) is -0.449. The number of nitrogens with one attached hydrogen (secondary N) is 1. The minimum atomic E-state index is -0.695. The number of carbonyl (C=O) groups excluding carboxylic acids is 3. The number of alkyl carbamates (subject to hydrolysis) is 1. The largest absolute Gasteiger partial charge is 0.461 e. The number of benzene rings is 1. The summed E-state index contributed by atoms with van der Waals surface area (Å²) in [6, 6.07) is 8.66. The van der Waals surface area contributed by atoms with E-state index in [1.807, 2.05) is 44.2 Å². The third kappa shape index (κ3) is 8.62. The number of rotatable bonds is 13. The second-order valence-corrected chi connectivity index (χ2v) is 10.2. The first kappa shape index (κ1) is 29.3. The highest BCUT2D eigenvalue weighted by molar-refractivity contribution is 7.09. The van der Waals surface area contributed by atoms with E-state index in [0.717, 1.165) is 17.0 Å². The monoisotopic (exact) mass is 517 g/mol. The number of esters is 1. The summed E-state index contributed by atoms with van der Waals surface area (Å²) < 4.78 is 10.4. The van der Waals surface area contributed by atoms with Crippen LogP contribution < -0.4 is 5.32 Å². The number of aromatic nitrogens is 1. The van der Waals surface area contributed by atoms with Crippen molar-refractivity contribution in [3.05, 3.63) is 52.0 Å². The second-order valence-electron chi connectivity index (χ2n) is 9.22. The van der Waals surface area contributed by atoms with Gasteiger partial charge < -0.3 is 19.7 Å².